The lowest BCUT2D eigenvalue weighted by Gasteiger charge is -2.13. The minimum absolute atomic E-state index is 0.0605. The monoisotopic (exact) mass is 351 g/mol. The number of alkyl halides is 2. The summed E-state index contributed by atoms with van der Waals surface area (Å²) in [5.74, 6) is -0.0935. The molecule has 1 heterocycles. The van der Waals surface area contributed by atoms with E-state index in [2.05, 4.69) is 9.84 Å². The average Bonchev–Trinajstić information content (AvgIpc) is 2.97. The first-order valence-corrected chi connectivity index (χ1v) is 7.42. The van der Waals surface area contributed by atoms with Gasteiger partial charge in [0, 0.05) is 38.5 Å². The lowest BCUT2D eigenvalue weighted by atomic mass is 10.2. The van der Waals surface area contributed by atoms with Crippen LogP contribution in [-0.2, 0) is 18.4 Å². The Bertz CT molecular complexity index is 759. The predicted molar refractivity (Wildman–Crippen MR) is 88.3 cm³/mol. The Morgan fingerprint density at radius 3 is 2.76 bits per heavy atom. The van der Waals surface area contributed by atoms with E-state index in [1.807, 2.05) is 6.20 Å². The van der Waals surface area contributed by atoms with Crippen LogP contribution in [0.25, 0.3) is 6.08 Å². The van der Waals surface area contributed by atoms with E-state index in [1.165, 1.54) is 25.3 Å². The Balaban J connectivity index is 2.03. The molecule has 0 aliphatic heterocycles. The molecule has 25 heavy (non-hydrogen) atoms. The van der Waals surface area contributed by atoms with Crippen LogP contribution in [0.4, 0.5) is 8.78 Å². The van der Waals surface area contributed by atoms with Crippen molar-refractivity contribution in [3.63, 3.8) is 0 Å². The van der Waals surface area contributed by atoms with Gasteiger partial charge in [0.2, 0.25) is 5.91 Å². The second kappa shape index (κ2) is 8.27. The normalized spacial score (nSPS) is 11.1. The molecule has 134 valence electrons. The number of nitrogens with zero attached hydrogens (tertiary/aromatic N) is 3. The van der Waals surface area contributed by atoms with Gasteiger partial charge in [-0.15, -0.1) is 0 Å². The number of benzene rings is 1. The lowest BCUT2D eigenvalue weighted by Crippen LogP contribution is -2.23. The maximum absolute atomic E-state index is 12.3. The second-order valence-electron chi connectivity index (χ2n) is 5.34. The van der Waals surface area contributed by atoms with Crippen molar-refractivity contribution in [2.75, 3.05) is 14.2 Å². The SMILES string of the molecule is COc1cc(/C=C/C(=O)N(C)Cc2cnn(C)c2)ccc1OC(F)F. The van der Waals surface area contributed by atoms with E-state index in [-0.39, 0.29) is 17.4 Å². The fourth-order valence-electron chi connectivity index (χ4n) is 2.18. The van der Waals surface area contributed by atoms with Gasteiger partial charge in [0.15, 0.2) is 11.5 Å². The molecule has 0 bridgehead atoms. The van der Waals surface area contributed by atoms with Gasteiger partial charge in [0.25, 0.3) is 0 Å². The van der Waals surface area contributed by atoms with Gasteiger partial charge in [-0.1, -0.05) is 6.07 Å². The second-order valence-corrected chi connectivity index (χ2v) is 5.34. The number of aromatic nitrogens is 2. The van der Waals surface area contributed by atoms with E-state index in [4.69, 9.17) is 4.74 Å². The zero-order valence-corrected chi connectivity index (χ0v) is 14.1. The summed E-state index contributed by atoms with van der Waals surface area (Å²) < 4.78 is 35.7. The highest BCUT2D eigenvalue weighted by Gasteiger charge is 2.11. The quantitative estimate of drug-likeness (QED) is 0.720. The van der Waals surface area contributed by atoms with Gasteiger partial charge < -0.3 is 14.4 Å². The molecule has 1 aromatic heterocycles. The number of methoxy groups -OCH3 is 1. The highest BCUT2D eigenvalue weighted by molar-refractivity contribution is 5.91. The summed E-state index contributed by atoms with van der Waals surface area (Å²) in [6.45, 7) is -2.50. The van der Waals surface area contributed by atoms with E-state index < -0.39 is 6.61 Å². The van der Waals surface area contributed by atoms with Crippen LogP contribution >= 0.6 is 0 Å². The van der Waals surface area contributed by atoms with E-state index in [1.54, 1.807) is 42.0 Å². The third-order valence-electron chi connectivity index (χ3n) is 3.38. The molecule has 8 heteroatoms. The number of hydrogen-bond donors (Lipinski definition) is 0. The molecule has 6 nitrogen and oxygen atoms in total. The first kappa shape index (κ1) is 18.4. The lowest BCUT2D eigenvalue weighted by molar-refractivity contribution is -0.125. The molecule has 1 amide bonds. The van der Waals surface area contributed by atoms with Crippen LogP contribution in [0.3, 0.4) is 0 Å². The van der Waals surface area contributed by atoms with Crippen molar-refractivity contribution in [2.45, 2.75) is 13.2 Å². The van der Waals surface area contributed by atoms with Crippen LogP contribution in [0.5, 0.6) is 11.5 Å². The first-order valence-electron chi connectivity index (χ1n) is 7.42. The van der Waals surface area contributed by atoms with Crippen LogP contribution in [0.1, 0.15) is 11.1 Å². The third-order valence-corrected chi connectivity index (χ3v) is 3.38. The molecule has 2 aromatic rings. The summed E-state index contributed by atoms with van der Waals surface area (Å²) in [7, 11) is 4.84. The van der Waals surface area contributed by atoms with Crippen LogP contribution in [-0.4, -0.2) is 41.4 Å². The Hall–Kier alpha value is -2.90. The maximum Gasteiger partial charge on any atom is 0.387 e. The molecular formula is C17H19F2N3O3. The van der Waals surface area contributed by atoms with Crippen LogP contribution in [0, 0.1) is 0 Å². The van der Waals surface area contributed by atoms with E-state index in [0.29, 0.717) is 12.1 Å². The Labute approximate surface area is 144 Å². The number of aryl methyl sites for hydroxylation is 1. The number of ether oxygens (including phenoxy) is 2. The standard InChI is InChI=1S/C17H19F2N3O3/c1-21(10-13-9-20-22(2)11-13)16(23)7-5-12-4-6-14(25-17(18)19)15(8-12)24-3/h4-9,11,17H,10H2,1-3H3/b7-5+. The van der Waals surface area contributed by atoms with Crippen LogP contribution < -0.4 is 9.47 Å². The Morgan fingerprint density at radius 2 is 2.16 bits per heavy atom. The molecule has 0 atom stereocenters. The van der Waals surface area contributed by atoms with Gasteiger partial charge in [-0.2, -0.15) is 13.9 Å². The van der Waals surface area contributed by atoms with Gasteiger partial charge >= 0.3 is 6.61 Å². The Kier molecular flexibility index (Phi) is 6.10. The summed E-state index contributed by atoms with van der Waals surface area (Å²) in [6.07, 6.45) is 6.51. The molecule has 0 aliphatic rings. The number of likely N-dealkylation sites (N-methyl/N-ethyl adjacent to an activating group) is 1. The molecule has 0 spiro atoms. The molecule has 0 radical (unpaired) electrons. The number of rotatable bonds is 7. The minimum Gasteiger partial charge on any atom is -0.493 e. The summed E-state index contributed by atoms with van der Waals surface area (Å²) >= 11 is 0. The smallest absolute Gasteiger partial charge is 0.387 e. The fraction of sp³-hybridized carbons (Fsp3) is 0.294. The topological polar surface area (TPSA) is 56.6 Å². The van der Waals surface area contributed by atoms with Crippen molar-refractivity contribution >= 4 is 12.0 Å². The maximum atomic E-state index is 12.3. The molecule has 2 rings (SSSR count). The van der Waals surface area contributed by atoms with Gasteiger partial charge in [-0.3, -0.25) is 9.48 Å². The van der Waals surface area contributed by atoms with Gasteiger partial charge in [-0.25, -0.2) is 0 Å². The molecule has 1 aromatic carbocycles. The number of carbonyl (C=O) groups excluding carboxylic acids is 1. The van der Waals surface area contributed by atoms with E-state index in [9.17, 15) is 13.6 Å². The molecule has 0 fully saturated rings. The predicted octanol–water partition coefficient (Wildman–Crippen LogP) is 2.70. The summed E-state index contributed by atoms with van der Waals surface area (Å²) in [5.41, 5.74) is 1.54. The zero-order chi connectivity index (χ0) is 18.4. The van der Waals surface area contributed by atoms with Gasteiger partial charge in [-0.05, 0) is 23.8 Å². The van der Waals surface area contributed by atoms with Crippen LogP contribution in [0.15, 0.2) is 36.7 Å². The summed E-state index contributed by atoms with van der Waals surface area (Å²) in [4.78, 5) is 13.7. The molecule has 0 N–H and O–H groups in total. The van der Waals surface area contributed by atoms with Crippen molar-refractivity contribution in [3.8, 4) is 11.5 Å². The number of halogens is 2. The molecule has 0 saturated carbocycles. The van der Waals surface area contributed by atoms with Crippen LogP contribution in [0.2, 0.25) is 0 Å². The van der Waals surface area contributed by atoms with E-state index >= 15 is 0 Å². The highest BCUT2D eigenvalue weighted by atomic mass is 19.3. The molecule has 0 unspecified atom stereocenters. The number of carbonyl (C=O) groups is 1. The molecule has 0 saturated heterocycles. The largest absolute Gasteiger partial charge is 0.493 e. The first-order chi connectivity index (χ1) is 11.9. The highest BCUT2D eigenvalue weighted by Crippen LogP contribution is 2.29. The van der Waals surface area contributed by atoms with Crippen molar-refractivity contribution < 1.29 is 23.0 Å². The Morgan fingerprint density at radius 1 is 1.40 bits per heavy atom. The van der Waals surface area contributed by atoms with Gasteiger partial charge in [0.1, 0.15) is 0 Å². The van der Waals surface area contributed by atoms with Crippen molar-refractivity contribution in [3.05, 3.63) is 47.8 Å². The fourth-order valence-corrected chi connectivity index (χ4v) is 2.18. The number of hydrogen-bond acceptors (Lipinski definition) is 4. The third kappa shape index (κ3) is 5.30. The average molecular weight is 351 g/mol. The molecular weight excluding hydrogens is 332 g/mol. The summed E-state index contributed by atoms with van der Waals surface area (Å²) in [6, 6.07) is 4.45. The summed E-state index contributed by atoms with van der Waals surface area (Å²) in [5, 5.41) is 4.05. The number of amides is 1. The zero-order valence-electron chi connectivity index (χ0n) is 14.1. The van der Waals surface area contributed by atoms with Crippen molar-refractivity contribution in [1.82, 2.24) is 14.7 Å². The van der Waals surface area contributed by atoms with E-state index in [0.717, 1.165) is 5.56 Å². The molecule has 0 aliphatic carbocycles. The minimum atomic E-state index is -2.93. The van der Waals surface area contributed by atoms with Gasteiger partial charge in [0.05, 0.1) is 13.3 Å². The van der Waals surface area contributed by atoms with Crippen molar-refractivity contribution in [2.24, 2.45) is 7.05 Å². The van der Waals surface area contributed by atoms with Crippen molar-refractivity contribution in [1.29, 1.82) is 0 Å².